The van der Waals surface area contributed by atoms with Crippen molar-refractivity contribution in [3.8, 4) is 11.8 Å². The Morgan fingerprint density at radius 1 is 1.14 bits per heavy atom. The fourth-order valence-corrected chi connectivity index (χ4v) is 2.15. The van der Waals surface area contributed by atoms with Gasteiger partial charge in [0.05, 0.1) is 19.6 Å². The number of hydrogen-bond donors (Lipinski definition) is 0. The minimum absolute atomic E-state index is 0.956. The number of quaternary nitrogens is 1. The predicted octanol–water partition coefficient (Wildman–Crippen LogP) is 2.36. The summed E-state index contributed by atoms with van der Waals surface area (Å²) in [5.74, 6) is 6.13. The minimum Gasteiger partial charge on any atom is -0.310 e. The van der Waals surface area contributed by atoms with Gasteiger partial charge in [-0.15, -0.1) is 0 Å². The van der Waals surface area contributed by atoms with Crippen molar-refractivity contribution < 1.29 is 4.48 Å². The van der Waals surface area contributed by atoms with Gasteiger partial charge in [0.15, 0.2) is 0 Å². The van der Waals surface area contributed by atoms with Gasteiger partial charge in [-0.05, 0) is 37.3 Å². The van der Waals surface area contributed by atoms with Gasteiger partial charge in [-0.3, -0.25) is 0 Å². The quantitative estimate of drug-likeness (QED) is 0.364. The highest BCUT2D eigenvalue weighted by atomic mass is 15.3. The molecule has 0 spiro atoms. The summed E-state index contributed by atoms with van der Waals surface area (Å²) in [4.78, 5) is 0. The van der Waals surface area contributed by atoms with Crippen LogP contribution in [0.4, 0.5) is 0 Å². The highest BCUT2D eigenvalue weighted by Crippen LogP contribution is 2.18. The molecule has 1 aliphatic heterocycles. The Kier molecular flexibility index (Phi) is 4.49. The maximum Gasteiger partial charge on any atom is 0.141 e. The Bertz CT molecular complexity index is 248. The molecule has 1 aliphatic rings. The molecule has 76 valence electrons. The van der Waals surface area contributed by atoms with Crippen molar-refractivity contribution in [3.05, 3.63) is 25.3 Å². The molecule has 0 N–H and O–H groups in total. The van der Waals surface area contributed by atoms with E-state index >= 15 is 0 Å². The molecule has 1 fully saturated rings. The topological polar surface area (TPSA) is 0 Å². The van der Waals surface area contributed by atoms with E-state index in [1.54, 1.807) is 6.08 Å². The van der Waals surface area contributed by atoms with Gasteiger partial charge in [0.25, 0.3) is 0 Å². The SMILES string of the molecule is C=CC#CC[N+]1(CC=C)CCCCC1. The van der Waals surface area contributed by atoms with Crippen LogP contribution in [0.25, 0.3) is 0 Å². The molecule has 1 saturated heterocycles. The largest absolute Gasteiger partial charge is 0.310 e. The van der Waals surface area contributed by atoms with Gasteiger partial charge in [-0.2, -0.15) is 0 Å². The van der Waals surface area contributed by atoms with Crippen molar-refractivity contribution in [3.63, 3.8) is 0 Å². The molecule has 1 heteroatoms. The maximum absolute atomic E-state index is 3.84. The summed E-state index contributed by atoms with van der Waals surface area (Å²) in [5, 5.41) is 0. The highest BCUT2D eigenvalue weighted by molar-refractivity contribution is 5.12. The van der Waals surface area contributed by atoms with Crippen LogP contribution in [0, 0.1) is 11.8 Å². The van der Waals surface area contributed by atoms with E-state index in [2.05, 4.69) is 25.0 Å². The molecular weight excluding hydrogens is 170 g/mol. The summed E-state index contributed by atoms with van der Waals surface area (Å²) in [6, 6.07) is 0. The van der Waals surface area contributed by atoms with Crippen LogP contribution in [0.3, 0.4) is 0 Å². The molecule has 0 aromatic rings. The zero-order chi connectivity index (χ0) is 10.3. The van der Waals surface area contributed by atoms with Crippen LogP contribution in [-0.2, 0) is 0 Å². The van der Waals surface area contributed by atoms with E-state index in [4.69, 9.17) is 0 Å². The first kappa shape index (κ1) is 11.1. The third-order valence-electron chi connectivity index (χ3n) is 2.90. The van der Waals surface area contributed by atoms with E-state index in [1.807, 2.05) is 6.08 Å². The third kappa shape index (κ3) is 3.05. The minimum atomic E-state index is 0.956. The van der Waals surface area contributed by atoms with Crippen LogP contribution < -0.4 is 0 Å². The smallest absolute Gasteiger partial charge is 0.141 e. The Hall–Kier alpha value is -1.00. The maximum atomic E-state index is 3.84. The lowest BCUT2D eigenvalue weighted by atomic mass is 10.1. The van der Waals surface area contributed by atoms with Crippen LogP contribution in [0.5, 0.6) is 0 Å². The zero-order valence-corrected chi connectivity index (χ0v) is 8.97. The van der Waals surface area contributed by atoms with Crippen molar-refractivity contribution in [1.82, 2.24) is 0 Å². The highest BCUT2D eigenvalue weighted by Gasteiger charge is 2.27. The second kappa shape index (κ2) is 5.67. The molecule has 0 saturated carbocycles. The molecule has 1 rings (SSSR count). The van der Waals surface area contributed by atoms with E-state index < -0.39 is 0 Å². The van der Waals surface area contributed by atoms with Crippen molar-refractivity contribution in [2.45, 2.75) is 19.3 Å². The number of nitrogens with zero attached hydrogens (tertiary/aromatic N) is 1. The van der Waals surface area contributed by atoms with Gasteiger partial charge in [-0.1, -0.05) is 19.1 Å². The van der Waals surface area contributed by atoms with Crippen molar-refractivity contribution >= 4 is 0 Å². The van der Waals surface area contributed by atoms with Gasteiger partial charge in [0.1, 0.15) is 6.54 Å². The van der Waals surface area contributed by atoms with E-state index in [1.165, 1.54) is 32.4 Å². The first-order chi connectivity index (χ1) is 6.83. The summed E-state index contributed by atoms with van der Waals surface area (Å²) < 4.78 is 1.12. The third-order valence-corrected chi connectivity index (χ3v) is 2.90. The van der Waals surface area contributed by atoms with Crippen molar-refractivity contribution in [2.75, 3.05) is 26.2 Å². The summed E-state index contributed by atoms with van der Waals surface area (Å²) in [7, 11) is 0. The summed E-state index contributed by atoms with van der Waals surface area (Å²) >= 11 is 0. The molecule has 1 heterocycles. The summed E-state index contributed by atoms with van der Waals surface area (Å²) in [6.45, 7) is 12.0. The average molecular weight is 190 g/mol. The van der Waals surface area contributed by atoms with Crippen molar-refractivity contribution in [2.24, 2.45) is 0 Å². The van der Waals surface area contributed by atoms with Gasteiger partial charge in [0.2, 0.25) is 0 Å². The molecule has 0 radical (unpaired) electrons. The number of rotatable bonds is 3. The average Bonchev–Trinajstić information content (AvgIpc) is 2.20. The monoisotopic (exact) mass is 190 g/mol. The van der Waals surface area contributed by atoms with Gasteiger partial charge < -0.3 is 4.48 Å². The van der Waals surface area contributed by atoms with Crippen LogP contribution in [0.2, 0.25) is 0 Å². The fourth-order valence-electron chi connectivity index (χ4n) is 2.15. The van der Waals surface area contributed by atoms with E-state index in [0.717, 1.165) is 17.6 Å². The molecule has 0 unspecified atom stereocenters. The lowest BCUT2D eigenvalue weighted by molar-refractivity contribution is -0.920. The molecular formula is C13H20N+. The summed E-state index contributed by atoms with van der Waals surface area (Å²) in [5.41, 5.74) is 0. The first-order valence-corrected chi connectivity index (χ1v) is 5.38. The lowest BCUT2D eigenvalue weighted by Crippen LogP contribution is -2.51. The van der Waals surface area contributed by atoms with E-state index in [0.29, 0.717) is 0 Å². The van der Waals surface area contributed by atoms with E-state index in [9.17, 15) is 0 Å². The molecule has 0 atom stereocenters. The predicted molar refractivity (Wildman–Crippen MR) is 61.7 cm³/mol. The number of piperidine rings is 1. The van der Waals surface area contributed by atoms with Crippen LogP contribution in [0.1, 0.15) is 19.3 Å². The van der Waals surface area contributed by atoms with Gasteiger partial charge in [0, 0.05) is 0 Å². The summed E-state index contributed by atoms with van der Waals surface area (Å²) in [6.07, 6.45) is 7.76. The number of allylic oxidation sites excluding steroid dienone is 1. The molecule has 0 aromatic carbocycles. The zero-order valence-electron chi connectivity index (χ0n) is 8.97. The lowest BCUT2D eigenvalue weighted by Gasteiger charge is -2.39. The molecule has 0 bridgehead atoms. The van der Waals surface area contributed by atoms with Crippen LogP contribution >= 0.6 is 0 Å². The fraction of sp³-hybridized carbons (Fsp3) is 0.538. The van der Waals surface area contributed by atoms with E-state index in [-0.39, 0.29) is 0 Å². The van der Waals surface area contributed by atoms with Crippen molar-refractivity contribution in [1.29, 1.82) is 0 Å². The molecule has 1 nitrogen and oxygen atoms in total. The Morgan fingerprint density at radius 2 is 1.86 bits per heavy atom. The Morgan fingerprint density at radius 3 is 2.43 bits per heavy atom. The van der Waals surface area contributed by atoms with Gasteiger partial charge >= 0.3 is 0 Å². The second-order valence-corrected chi connectivity index (χ2v) is 4.00. The second-order valence-electron chi connectivity index (χ2n) is 4.00. The van der Waals surface area contributed by atoms with Gasteiger partial charge in [-0.25, -0.2) is 0 Å². The molecule has 14 heavy (non-hydrogen) atoms. The molecule has 0 amide bonds. The number of hydrogen-bond acceptors (Lipinski definition) is 0. The molecule has 0 aromatic heterocycles. The normalized spacial score (nSPS) is 19.1. The standard InChI is InChI=1S/C13H20N/c1-3-5-7-11-14(10-4-2)12-8-6-9-13-14/h3-4H,1-2,6,8-13H2/q+1. The Balaban J connectivity index is 2.59. The van der Waals surface area contributed by atoms with Crippen LogP contribution in [0.15, 0.2) is 25.3 Å². The first-order valence-electron chi connectivity index (χ1n) is 5.38. The van der Waals surface area contributed by atoms with Crippen LogP contribution in [-0.4, -0.2) is 30.7 Å². The Labute approximate surface area is 87.7 Å². The molecule has 0 aliphatic carbocycles. The number of likely N-dealkylation sites (tertiary alicyclic amines) is 1.